The van der Waals surface area contributed by atoms with Crippen molar-refractivity contribution in [3.63, 3.8) is 0 Å². The second-order valence-electron chi connectivity index (χ2n) is 4.96. The lowest BCUT2D eigenvalue weighted by atomic mass is 10.1. The minimum absolute atomic E-state index is 0.0163. The molecule has 0 amide bonds. The van der Waals surface area contributed by atoms with Crippen LogP contribution in [0.3, 0.4) is 0 Å². The molecule has 0 saturated heterocycles. The summed E-state index contributed by atoms with van der Waals surface area (Å²) < 4.78 is 25.6. The van der Waals surface area contributed by atoms with Crippen LogP contribution < -0.4 is 5.32 Å². The summed E-state index contributed by atoms with van der Waals surface area (Å²) in [5.74, 6) is 1.24. The molecule has 2 rings (SSSR count). The third kappa shape index (κ3) is 3.54. The van der Waals surface area contributed by atoms with Gasteiger partial charge in [-0.25, -0.2) is 18.7 Å². The van der Waals surface area contributed by atoms with E-state index in [0.29, 0.717) is 11.4 Å². The molecule has 0 aliphatic rings. The van der Waals surface area contributed by atoms with Crippen LogP contribution in [-0.4, -0.2) is 16.5 Å². The fraction of sp³-hybridized carbons (Fsp3) is 0.375. The fourth-order valence-corrected chi connectivity index (χ4v) is 1.99. The van der Waals surface area contributed by atoms with Gasteiger partial charge in [0.05, 0.1) is 0 Å². The number of alkyl halides is 2. The molecule has 0 radical (unpaired) electrons. The number of benzene rings is 1. The molecule has 5 heteroatoms. The van der Waals surface area contributed by atoms with E-state index in [-0.39, 0.29) is 5.56 Å². The highest BCUT2D eigenvalue weighted by Gasteiger charge is 2.12. The van der Waals surface area contributed by atoms with Crippen molar-refractivity contribution in [3.8, 4) is 11.4 Å². The second kappa shape index (κ2) is 6.61. The minimum atomic E-state index is -2.49. The number of nitrogens with one attached hydrogen (secondary N) is 1. The van der Waals surface area contributed by atoms with Crippen molar-refractivity contribution >= 4 is 5.82 Å². The molecule has 0 aliphatic carbocycles. The van der Waals surface area contributed by atoms with Crippen molar-refractivity contribution in [2.75, 3.05) is 11.9 Å². The molecule has 21 heavy (non-hydrogen) atoms. The maximum Gasteiger partial charge on any atom is 0.263 e. The summed E-state index contributed by atoms with van der Waals surface area (Å²) in [6.45, 7) is 6.73. The molecule has 0 fully saturated rings. The highest BCUT2D eigenvalue weighted by atomic mass is 19.3. The van der Waals surface area contributed by atoms with Crippen molar-refractivity contribution in [2.24, 2.45) is 0 Å². The molecule has 0 saturated carbocycles. The third-order valence-corrected chi connectivity index (χ3v) is 3.33. The van der Waals surface area contributed by atoms with Crippen LogP contribution in [0.15, 0.2) is 24.3 Å². The van der Waals surface area contributed by atoms with Crippen LogP contribution in [0.2, 0.25) is 0 Å². The van der Waals surface area contributed by atoms with E-state index in [1.807, 2.05) is 13.8 Å². The van der Waals surface area contributed by atoms with Crippen LogP contribution in [0.1, 0.15) is 36.6 Å². The van der Waals surface area contributed by atoms with Gasteiger partial charge in [0, 0.05) is 28.9 Å². The van der Waals surface area contributed by atoms with Gasteiger partial charge in [-0.2, -0.15) is 0 Å². The zero-order valence-corrected chi connectivity index (χ0v) is 12.5. The molecule has 0 spiro atoms. The Morgan fingerprint density at radius 3 is 2.62 bits per heavy atom. The summed E-state index contributed by atoms with van der Waals surface area (Å²) >= 11 is 0. The van der Waals surface area contributed by atoms with Gasteiger partial charge in [-0.3, -0.25) is 0 Å². The highest BCUT2D eigenvalue weighted by molar-refractivity contribution is 5.60. The van der Waals surface area contributed by atoms with Crippen LogP contribution in [0.5, 0.6) is 0 Å². The Labute approximate surface area is 123 Å². The predicted octanol–water partition coefficient (Wildman–Crippen LogP) is 4.52. The summed E-state index contributed by atoms with van der Waals surface area (Å²) in [5, 5.41) is 3.25. The molecule has 1 N–H and O–H groups in total. The molecule has 112 valence electrons. The maximum atomic E-state index is 12.8. The van der Waals surface area contributed by atoms with E-state index in [4.69, 9.17) is 0 Å². The van der Waals surface area contributed by atoms with E-state index >= 15 is 0 Å². The smallest absolute Gasteiger partial charge is 0.263 e. The summed E-state index contributed by atoms with van der Waals surface area (Å²) in [5.41, 5.74) is 2.42. The Morgan fingerprint density at radius 2 is 1.95 bits per heavy atom. The van der Waals surface area contributed by atoms with Crippen LogP contribution in [0.4, 0.5) is 14.6 Å². The Morgan fingerprint density at radius 1 is 1.19 bits per heavy atom. The lowest BCUT2D eigenvalue weighted by Gasteiger charge is -2.12. The summed E-state index contributed by atoms with van der Waals surface area (Å²) in [7, 11) is 0. The molecular formula is C16H19F2N3. The van der Waals surface area contributed by atoms with E-state index in [1.54, 1.807) is 12.1 Å². The van der Waals surface area contributed by atoms with Gasteiger partial charge in [-0.15, -0.1) is 0 Å². The molecule has 1 heterocycles. The Hall–Kier alpha value is -2.04. The van der Waals surface area contributed by atoms with E-state index in [2.05, 4.69) is 22.2 Å². The van der Waals surface area contributed by atoms with Gasteiger partial charge in [0.2, 0.25) is 0 Å². The van der Waals surface area contributed by atoms with Crippen molar-refractivity contribution in [2.45, 2.75) is 33.6 Å². The number of aromatic nitrogens is 2. The van der Waals surface area contributed by atoms with E-state index in [9.17, 15) is 8.78 Å². The molecule has 0 unspecified atom stereocenters. The zero-order chi connectivity index (χ0) is 15.4. The quantitative estimate of drug-likeness (QED) is 0.880. The SMILES string of the molecule is CCCNc1nc(-c2cccc(C(F)F)c2)nc(C)c1C. The summed E-state index contributed by atoms with van der Waals surface area (Å²) in [6.07, 6.45) is -1.51. The number of aryl methyl sites for hydroxylation is 1. The number of nitrogens with zero attached hydrogens (tertiary/aromatic N) is 2. The lowest BCUT2D eigenvalue weighted by molar-refractivity contribution is 0.151. The topological polar surface area (TPSA) is 37.8 Å². The van der Waals surface area contributed by atoms with Gasteiger partial charge in [-0.05, 0) is 26.3 Å². The summed E-state index contributed by atoms with van der Waals surface area (Å²) in [4.78, 5) is 8.89. The van der Waals surface area contributed by atoms with E-state index in [1.165, 1.54) is 12.1 Å². The molecular weight excluding hydrogens is 272 g/mol. The van der Waals surface area contributed by atoms with E-state index in [0.717, 1.165) is 30.0 Å². The van der Waals surface area contributed by atoms with Crippen molar-refractivity contribution in [1.82, 2.24) is 9.97 Å². The molecule has 3 nitrogen and oxygen atoms in total. The lowest BCUT2D eigenvalue weighted by Crippen LogP contribution is -2.07. The molecule has 2 aromatic rings. The Kier molecular flexibility index (Phi) is 4.83. The normalized spacial score (nSPS) is 11.0. The highest BCUT2D eigenvalue weighted by Crippen LogP contribution is 2.26. The first-order valence-electron chi connectivity index (χ1n) is 7.00. The van der Waals surface area contributed by atoms with Crippen LogP contribution in [0.25, 0.3) is 11.4 Å². The maximum absolute atomic E-state index is 12.8. The first kappa shape index (κ1) is 15.4. The second-order valence-corrected chi connectivity index (χ2v) is 4.96. The molecule has 1 aromatic carbocycles. The zero-order valence-electron chi connectivity index (χ0n) is 12.5. The van der Waals surface area contributed by atoms with E-state index < -0.39 is 6.43 Å². The molecule has 0 aliphatic heterocycles. The van der Waals surface area contributed by atoms with Gasteiger partial charge in [0.15, 0.2) is 5.82 Å². The average molecular weight is 291 g/mol. The first-order chi connectivity index (χ1) is 10.0. The van der Waals surface area contributed by atoms with Gasteiger partial charge in [0.25, 0.3) is 6.43 Å². The molecule has 1 aromatic heterocycles. The van der Waals surface area contributed by atoms with Gasteiger partial charge in [-0.1, -0.05) is 25.1 Å². The number of rotatable bonds is 5. The molecule has 0 bridgehead atoms. The third-order valence-electron chi connectivity index (χ3n) is 3.33. The first-order valence-corrected chi connectivity index (χ1v) is 7.00. The monoisotopic (exact) mass is 291 g/mol. The minimum Gasteiger partial charge on any atom is -0.370 e. The number of halogens is 2. The molecule has 0 atom stereocenters. The number of hydrogen-bond acceptors (Lipinski definition) is 3. The van der Waals surface area contributed by atoms with Crippen LogP contribution >= 0.6 is 0 Å². The predicted molar refractivity (Wildman–Crippen MR) is 80.7 cm³/mol. The average Bonchev–Trinajstić information content (AvgIpc) is 2.48. The van der Waals surface area contributed by atoms with Gasteiger partial charge in [0.1, 0.15) is 5.82 Å². The van der Waals surface area contributed by atoms with Gasteiger partial charge >= 0.3 is 0 Å². The number of hydrogen-bond donors (Lipinski definition) is 1. The van der Waals surface area contributed by atoms with Crippen LogP contribution in [-0.2, 0) is 0 Å². The van der Waals surface area contributed by atoms with Crippen LogP contribution in [0, 0.1) is 13.8 Å². The fourth-order valence-electron chi connectivity index (χ4n) is 1.99. The largest absolute Gasteiger partial charge is 0.370 e. The standard InChI is InChI=1S/C16H19F2N3/c1-4-8-19-15-10(2)11(3)20-16(21-15)13-7-5-6-12(9-13)14(17)18/h5-7,9,14H,4,8H2,1-3H3,(H,19,20,21). The Bertz CT molecular complexity index is 627. The van der Waals surface area contributed by atoms with Crippen molar-refractivity contribution in [1.29, 1.82) is 0 Å². The van der Waals surface area contributed by atoms with Gasteiger partial charge < -0.3 is 5.32 Å². The van der Waals surface area contributed by atoms with Crippen molar-refractivity contribution in [3.05, 3.63) is 41.1 Å². The number of anilines is 1. The summed E-state index contributed by atoms with van der Waals surface area (Å²) in [6, 6.07) is 6.21. The Balaban J connectivity index is 2.44. The van der Waals surface area contributed by atoms with Crippen molar-refractivity contribution < 1.29 is 8.78 Å².